The summed E-state index contributed by atoms with van der Waals surface area (Å²) in [6, 6.07) is 0. The Balaban J connectivity index is 3.75. The normalized spacial score (nSPS) is 11.8. The van der Waals surface area contributed by atoms with Gasteiger partial charge in [0.2, 0.25) is 5.91 Å². The molecule has 0 bridgehead atoms. The van der Waals surface area contributed by atoms with E-state index in [9.17, 15) is 14.4 Å². The number of carbonyl (C=O) groups is 3. The zero-order valence-electron chi connectivity index (χ0n) is 19.4. The predicted molar refractivity (Wildman–Crippen MR) is 120 cm³/mol. The van der Waals surface area contributed by atoms with Crippen molar-refractivity contribution < 1.29 is 24.2 Å². The van der Waals surface area contributed by atoms with E-state index < -0.39 is 5.97 Å². The van der Waals surface area contributed by atoms with Gasteiger partial charge in [-0.1, -0.05) is 78.1 Å². The lowest BCUT2D eigenvalue weighted by Crippen LogP contribution is -2.28. The average Bonchev–Trinajstić information content (AvgIpc) is 2.70. The number of carboxylic acid groups (broad SMARTS) is 1. The number of amides is 1. The van der Waals surface area contributed by atoms with Crippen molar-refractivity contribution in [2.45, 2.75) is 129 Å². The molecule has 0 aromatic heterocycles. The summed E-state index contributed by atoms with van der Waals surface area (Å²) in [5.41, 5.74) is 0. The Kier molecular flexibility index (Phi) is 19.6. The first-order valence-electron chi connectivity index (χ1n) is 12.2. The van der Waals surface area contributed by atoms with E-state index in [4.69, 9.17) is 9.84 Å². The monoisotopic (exact) mass is 427 g/mol. The SMILES string of the molecule is CCCCCCCCCCCC(=O)OC(CCC)CCCCCC(=O)NCC(=O)O. The number of carbonyl (C=O) groups excluding carboxylic acids is 2. The molecule has 0 radical (unpaired) electrons. The van der Waals surface area contributed by atoms with E-state index in [0.717, 1.165) is 51.4 Å². The number of carboxylic acids is 1. The van der Waals surface area contributed by atoms with Crippen LogP contribution < -0.4 is 5.32 Å². The van der Waals surface area contributed by atoms with Crippen molar-refractivity contribution in [1.82, 2.24) is 5.32 Å². The van der Waals surface area contributed by atoms with E-state index >= 15 is 0 Å². The smallest absolute Gasteiger partial charge is 0.322 e. The highest BCUT2D eigenvalue weighted by molar-refractivity contribution is 5.80. The van der Waals surface area contributed by atoms with Crippen LogP contribution >= 0.6 is 0 Å². The van der Waals surface area contributed by atoms with Crippen LogP contribution in [0.4, 0.5) is 0 Å². The van der Waals surface area contributed by atoms with Crippen LogP contribution in [0.1, 0.15) is 123 Å². The summed E-state index contributed by atoms with van der Waals surface area (Å²) in [6.07, 6.45) is 17.1. The third-order valence-electron chi connectivity index (χ3n) is 5.26. The number of ether oxygens (including phenoxy) is 1. The quantitative estimate of drug-likeness (QED) is 0.179. The molecule has 6 heteroatoms. The van der Waals surface area contributed by atoms with Gasteiger partial charge in [-0.25, -0.2) is 0 Å². The van der Waals surface area contributed by atoms with E-state index in [1.807, 2.05) is 0 Å². The highest BCUT2D eigenvalue weighted by Gasteiger charge is 2.13. The lowest BCUT2D eigenvalue weighted by atomic mass is 10.0. The molecule has 0 heterocycles. The van der Waals surface area contributed by atoms with Crippen LogP contribution in [0.2, 0.25) is 0 Å². The van der Waals surface area contributed by atoms with Gasteiger partial charge in [0.15, 0.2) is 0 Å². The molecule has 0 rings (SSSR count). The minimum absolute atomic E-state index is 0.0260. The van der Waals surface area contributed by atoms with Crippen LogP contribution in [0.15, 0.2) is 0 Å². The van der Waals surface area contributed by atoms with Gasteiger partial charge in [-0.3, -0.25) is 14.4 Å². The molecule has 0 aliphatic heterocycles. The fraction of sp³-hybridized carbons (Fsp3) is 0.875. The Bertz CT molecular complexity index is 453. The molecule has 1 unspecified atom stereocenters. The van der Waals surface area contributed by atoms with Crippen molar-refractivity contribution in [2.24, 2.45) is 0 Å². The van der Waals surface area contributed by atoms with Crippen molar-refractivity contribution in [3.63, 3.8) is 0 Å². The number of hydrogen-bond acceptors (Lipinski definition) is 4. The van der Waals surface area contributed by atoms with Crippen LogP contribution in [-0.4, -0.2) is 35.6 Å². The first-order valence-corrected chi connectivity index (χ1v) is 12.2. The third kappa shape index (κ3) is 19.7. The summed E-state index contributed by atoms with van der Waals surface area (Å²) < 4.78 is 5.67. The summed E-state index contributed by atoms with van der Waals surface area (Å²) in [5.74, 6) is -1.34. The molecule has 1 atom stereocenters. The van der Waals surface area contributed by atoms with Gasteiger partial charge in [0, 0.05) is 12.8 Å². The first kappa shape index (κ1) is 28.4. The number of unbranched alkanes of at least 4 members (excludes halogenated alkanes) is 10. The summed E-state index contributed by atoms with van der Waals surface area (Å²) >= 11 is 0. The third-order valence-corrected chi connectivity index (χ3v) is 5.26. The van der Waals surface area contributed by atoms with Gasteiger partial charge in [-0.15, -0.1) is 0 Å². The number of nitrogens with one attached hydrogen (secondary N) is 1. The maximum Gasteiger partial charge on any atom is 0.322 e. The van der Waals surface area contributed by atoms with Gasteiger partial charge in [-0.2, -0.15) is 0 Å². The lowest BCUT2D eigenvalue weighted by Gasteiger charge is -2.17. The second-order valence-corrected chi connectivity index (χ2v) is 8.25. The molecule has 1 amide bonds. The van der Waals surface area contributed by atoms with Gasteiger partial charge in [-0.05, 0) is 32.1 Å². The molecule has 0 aromatic rings. The largest absolute Gasteiger partial charge is 0.480 e. The van der Waals surface area contributed by atoms with Gasteiger partial charge in [0.05, 0.1) is 0 Å². The molecular formula is C24H45NO5. The van der Waals surface area contributed by atoms with Crippen LogP contribution in [-0.2, 0) is 19.1 Å². The Morgan fingerprint density at radius 2 is 1.30 bits per heavy atom. The van der Waals surface area contributed by atoms with Gasteiger partial charge in [0.25, 0.3) is 0 Å². The second-order valence-electron chi connectivity index (χ2n) is 8.25. The fourth-order valence-corrected chi connectivity index (χ4v) is 3.51. The molecule has 0 saturated heterocycles. The Hall–Kier alpha value is -1.59. The molecule has 30 heavy (non-hydrogen) atoms. The van der Waals surface area contributed by atoms with Crippen molar-refractivity contribution in [2.75, 3.05) is 6.54 Å². The van der Waals surface area contributed by atoms with Crippen molar-refractivity contribution >= 4 is 17.8 Å². The minimum Gasteiger partial charge on any atom is -0.480 e. The second kappa shape index (κ2) is 20.7. The molecule has 0 aliphatic carbocycles. The highest BCUT2D eigenvalue weighted by Crippen LogP contribution is 2.15. The summed E-state index contributed by atoms with van der Waals surface area (Å²) in [6.45, 7) is 4.00. The predicted octanol–water partition coefficient (Wildman–Crippen LogP) is 5.77. The molecule has 0 aromatic carbocycles. The number of rotatable bonds is 21. The van der Waals surface area contributed by atoms with E-state index in [0.29, 0.717) is 12.8 Å². The first-order chi connectivity index (χ1) is 14.5. The molecule has 2 N–H and O–H groups in total. The van der Waals surface area contributed by atoms with Crippen LogP contribution in [0.25, 0.3) is 0 Å². The maximum absolute atomic E-state index is 12.1. The molecule has 0 saturated carbocycles. The zero-order chi connectivity index (χ0) is 22.5. The Morgan fingerprint density at radius 1 is 0.733 bits per heavy atom. The van der Waals surface area contributed by atoms with E-state index in [1.165, 1.54) is 44.9 Å². The summed E-state index contributed by atoms with van der Waals surface area (Å²) in [7, 11) is 0. The van der Waals surface area contributed by atoms with Crippen LogP contribution in [0, 0.1) is 0 Å². The van der Waals surface area contributed by atoms with Crippen molar-refractivity contribution in [3.8, 4) is 0 Å². The molecule has 0 aliphatic rings. The topological polar surface area (TPSA) is 92.7 Å². The molecule has 0 spiro atoms. The number of aliphatic carboxylic acids is 1. The lowest BCUT2D eigenvalue weighted by molar-refractivity contribution is -0.150. The zero-order valence-corrected chi connectivity index (χ0v) is 19.4. The maximum atomic E-state index is 12.1. The van der Waals surface area contributed by atoms with Gasteiger partial charge in [0.1, 0.15) is 12.6 Å². The average molecular weight is 428 g/mol. The molecule has 176 valence electrons. The summed E-state index contributed by atoms with van der Waals surface area (Å²) in [4.78, 5) is 34.0. The fourth-order valence-electron chi connectivity index (χ4n) is 3.51. The van der Waals surface area contributed by atoms with Gasteiger partial charge >= 0.3 is 11.9 Å². The minimum atomic E-state index is -1.03. The van der Waals surface area contributed by atoms with E-state index in [-0.39, 0.29) is 24.5 Å². The van der Waals surface area contributed by atoms with Crippen LogP contribution in [0.3, 0.4) is 0 Å². The molecule has 6 nitrogen and oxygen atoms in total. The Labute approximate surface area is 183 Å². The number of esters is 1. The van der Waals surface area contributed by atoms with Crippen molar-refractivity contribution in [1.29, 1.82) is 0 Å². The standard InChI is InChI=1S/C24H45NO5/c1-3-5-6-7-8-9-10-11-15-19-24(29)30-21(16-4-2)17-13-12-14-18-22(26)25-20-23(27)28/h21H,3-20H2,1-2H3,(H,25,26)(H,27,28). The van der Waals surface area contributed by atoms with E-state index in [1.54, 1.807) is 0 Å². The van der Waals surface area contributed by atoms with Crippen molar-refractivity contribution in [3.05, 3.63) is 0 Å². The van der Waals surface area contributed by atoms with Gasteiger partial charge < -0.3 is 15.2 Å². The number of hydrogen-bond donors (Lipinski definition) is 2. The van der Waals surface area contributed by atoms with E-state index in [2.05, 4.69) is 19.2 Å². The molecule has 0 fully saturated rings. The summed E-state index contributed by atoms with van der Waals surface area (Å²) in [5, 5.41) is 10.9. The highest BCUT2D eigenvalue weighted by atomic mass is 16.5. The van der Waals surface area contributed by atoms with Crippen LogP contribution in [0.5, 0.6) is 0 Å². The molecular weight excluding hydrogens is 382 g/mol. The Morgan fingerprint density at radius 3 is 1.90 bits per heavy atom.